The zero-order chi connectivity index (χ0) is 28.3. The molecule has 2 unspecified atom stereocenters. The van der Waals surface area contributed by atoms with Crippen LogP contribution in [0.4, 0.5) is 0 Å². The summed E-state index contributed by atoms with van der Waals surface area (Å²) < 4.78 is 32.6. The molecular formula is C30H29NO9. The molecule has 10 heteroatoms. The van der Waals surface area contributed by atoms with E-state index in [0.717, 1.165) is 12.5 Å². The summed E-state index contributed by atoms with van der Waals surface area (Å²) in [6.45, 7) is 4.87. The lowest BCUT2D eigenvalue weighted by atomic mass is 10.1. The predicted octanol–water partition coefficient (Wildman–Crippen LogP) is 3.80. The molecular weight excluding hydrogens is 518 g/mol. The van der Waals surface area contributed by atoms with Crippen molar-refractivity contribution >= 4 is 24.0 Å². The zero-order valence-electron chi connectivity index (χ0n) is 21.8. The molecule has 0 spiro atoms. The number of hydrogen-bond donors (Lipinski definition) is 0. The van der Waals surface area contributed by atoms with Crippen molar-refractivity contribution < 1.29 is 42.8 Å². The van der Waals surface area contributed by atoms with Gasteiger partial charge in [0.15, 0.2) is 6.10 Å². The van der Waals surface area contributed by atoms with Gasteiger partial charge in [-0.15, -0.1) is 0 Å². The average Bonchev–Trinajstić information content (AvgIpc) is 3.59. The van der Waals surface area contributed by atoms with Gasteiger partial charge in [-0.25, -0.2) is 14.4 Å². The number of fused-ring (bicyclic) bond motifs is 1. The van der Waals surface area contributed by atoms with Crippen LogP contribution in [-0.4, -0.2) is 62.6 Å². The molecule has 4 rings (SSSR count). The average molecular weight is 548 g/mol. The first-order valence-corrected chi connectivity index (χ1v) is 12.9. The van der Waals surface area contributed by atoms with Crippen LogP contribution in [0.25, 0.3) is 6.08 Å². The molecule has 0 aromatic heterocycles. The molecule has 2 saturated heterocycles. The summed E-state index contributed by atoms with van der Waals surface area (Å²) in [7, 11) is 0. The van der Waals surface area contributed by atoms with E-state index in [-0.39, 0.29) is 24.4 Å². The van der Waals surface area contributed by atoms with Crippen molar-refractivity contribution in [2.24, 2.45) is 0 Å². The standard InChI is InChI=1S/C30H29NO9/c1-2-27(32)36-15-4-3-14-35-23-11-7-21(8-12-23)29(33)39-24-9-5-20(6-10-24)17-22(18-31)30(34)40-26-19-38-25-13-16-37-28(25)26/h2,5-12,17,25-26,28H,1,3-4,13-16,19H2/b22-17+/t25?,26-,28?/m1/s1. The summed E-state index contributed by atoms with van der Waals surface area (Å²) in [6, 6.07) is 14.8. The van der Waals surface area contributed by atoms with Crippen LogP contribution in [0.3, 0.4) is 0 Å². The van der Waals surface area contributed by atoms with Crippen LogP contribution in [0.15, 0.2) is 66.8 Å². The minimum Gasteiger partial charge on any atom is -0.494 e. The fourth-order valence-electron chi connectivity index (χ4n) is 4.15. The molecule has 2 fully saturated rings. The number of hydrogen-bond acceptors (Lipinski definition) is 10. The van der Waals surface area contributed by atoms with Gasteiger partial charge in [0.05, 0.1) is 31.5 Å². The molecule has 0 radical (unpaired) electrons. The van der Waals surface area contributed by atoms with E-state index in [1.165, 1.54) is 6.08 Å². The number of unbranched alkanes of at least 4 members (excludes halogenated alkanes) is 1. The van der Waals surface area contributed by atoms with Crippen LogP contribution in [-0.2, 0) is 28.5 Å². The largest absolute Gasteiger partial charge is 0.494 e. The smallest absolute Gasteiger partial charge is 0.349 e. The van der Waals surface area contributed by atoms with Crippen molar-refractivity contribution in [1.29, 1.82) is 5.26 Å². The molecule has 10 nitrogen and oxygen atoms in total. The first-order valence-electron chi connectivity index (χ1n) is 12.9. The third-order valence-corrected chi connectivity index (χ3v) is 6.23. The number of carbonyl (C=O) groups excluding carboxylic acids is 3. The lowest BCUT2D eigenvalue weighted by Crippen LogP contribution is -2.32. The molecule has 0 N–H and O–H groups in total. The van der Waals surface area contributed by atoms with E-state index in [4.69, 9.17) is 28.4 Å². The van der Waals surface area contributed by atoms with Gasteiger partial charge >= 0.3 is 17.9 Å². The van der Waals surface area contributed by atoms with Gasteiger partial charge < -0.3 is 28.4 Å². The van der Waals surface area contributed by atoms with Crippen molar-refractivity contribution in [3.05, 3.63) is 77.9 Å². The van der Waals surface area contributed by atoms with Gasteiger partial charge in [0.25, 0.3) is 0 Å². The van der Waals surface area contributed by atoms with Crippen molar-refractivity contribution in [2.75, 3.05) is 26.4 Å². The van der Waals surface area contributed by atoms with E-state index in [2.05, 4.69) is 6.58 Å². The van der Waals surface area contributed by atoms with Gasteiger partial charge in [0.1, 0.15) is 29.2 Å². The van der Waals surface area contributed by atoms with E-state index in [1.807, 2.05) is 6.07 Å². The van der Waals surface area contributed by atoms with Crippen LogP contribution in [0.5, 0.6) is 11.5 Å². The molecule has 0 saturated carbocycles. The van der Waals surface area contributed by atoms with Gasteiger partial charge in [-0.3, -0.25) is 0 Å². The highest BCUT2D eigenvalue weighted by atomic mass is 16.6. The van der Waals surface area contributed by atoms with Crippen LogP contribution >= 0.6 is 0 Å². The highest BCUT2D eigenvalue weighted by Gasteiger charge is 2.44. The molecule has 0 bridgehead atoms. The number of carbonyl (C=O) groups is 3. The van der Waals surface area contributed by atoms with E-state index in [9.17, 15) is 19.6 Å². The third kappa shape index (κ3) is 7.79. The molecule has 2 heterocycles. The van der Waals surface area contributed by atoms with Crippen LogP contribution in [0.2, 0.25) is 0 Å². The normalized spacial score (nSPS) is 19.7. The Morgan fingerprint density at radius 3 is 2.45 bits per heavy atom. The Labute approximate surface area is 231 Å². The molecule has 0 aliphatic carbocycles. The SMILES string of the molecule is C=CC(=O)OCCCCOc1ccc(C(=O)Oc2ccc(/C=C(\C#N)C(=O)O[C@@H]3COC4CCOC43)cc2)cc1. The van der Waals surface area contributed by atoms with E-state index >= 15 is 0 Å². The van der Waals surface area contributed by atoms with Gasteiger partial charge in [0.2, 0.25) is 0 Å². The maximum Gasteiger partial charge on any atom is 0.349 e. The summed E-state index contributed by atoms with van der Waals surface area (Å²) >= 11 is 0. The Kier molecular flexibility index (Phi) is 10.0. The summed E-state index contributed by atoms with van der Waals surface area (Å²) in [4.78, 5) is 36.0. The maximum atomic E-state index is 12.5. The Balaban J connectivity index is 1.24. The Bertz CT molecular complexity index is 1280. The van der Waals surface area contributed by atoms with Crippen LogP contribution in [0.1, 0.15) is 35.2 Å². The van der Waals surface area contributed by atoms with E-state index < -0.39 is 24.0 Å². The minimum absolute atomic E-state index is 0.0768. The second kappa shape index (κ2) is 14.1. The molecule has 2 aliphatic heterocycles. The quantitative estimate of drug-likeness (QED) is 0.127. The van der Waals surface area contributed by atoms with Crippen molar-refractivity contribution in [2.45, 2.75) is 37.6 Å². The lowest BCUT2D eigenvalue weighted by molar-refractivity contribution is -0.148. The van der Waals surface area contributed by atoms with Crippen LogP contribution in [0, 0.1) is 11.3 Å². The molecule has 2 aromatic rings. The summed E-state index contributed by atoms with van der Waals surface area (Å²) in [5.41, 5.74) is 0.738. The van der Waals surface area contributed by atoms with Gasteiger partial charge in [0, 0.05) is 12.7 Å². The monoisotopic (exact) mass is 547 g/mol. The summed E-state index contributed by atoms with van der Waals surface area (Å²) in [6.07, 6.45) is 3.73. The Morgan fingerprint density at radius 2 is 1.73 bits per heavy atom. The third-order valence-electron chi connectivity index (χ3n) is 6.23. The van der Waals surface area contributed by atoms with Crippen molar-refractivity contribution in [3.8, 4) is 17.6 Å². The van der Waals surface area contributed by atoms with Crippen LogP contribution < -0.4 is 9.47 Å². The molecule has 40 heavy (non-hydrogen) atoms. The first-order chi connectivity index (χ1) is 19.5. The summed E-state index contributed by atoms with van der Waals surface area (Å²) in [5.74, 6) is -0.850. The number of nitrogens with zero attached hydrogens (tertiary/aromatic N) is 1. The van der Waals surface area contributed by atoms with E-state index in [0.29, 0.717) is 55.3 Å². The second-order valence-corrected chi connectivity index (χ2v) is 9.02. The fraction of sp³-hybridized carbons (Fsp3) is 0.333. The Morgan fingerprint density at radius 1 is 1.00 bits per heavy atom. The zero-order valence-corrected chi connectivity index (χ0v) is 21.8. The number of nitriles is 1. The predicted molar refractivity (Wildman–Crippen MR) is 141 cm³/mol. The van der Waals surface area contributed by atoms with Gasteiger partial charge in [-0.1, -0.05) is 18.7 Å². The second-order valence-electron chi connectivity index (χ2n) is 9.02. The summed E-state index contributed by atoms with van der Waals surface area (Å²) in [5, 5.41) is 9.47. The highest BCUT2D eigenvalue weighted by molar-refractivity contribution is 5.98. The van der Waals surface area contributed by atoms with Gasteiger partial charge in [-0.05, 0) is 67.3 Å². The number of esters is 3. The van der Waals surface area contributed by atoms with Crippen molar-refractivity contribution in [1.82, 2.24) is 0 Å². The molecule has 208 valence electrons. The van der Waals surface area contributed by atoms with Gasteiger partial charge in [-0.2, -0.15) is 5.26 Å². The van der Waals surface area contributed by atoms with E-state index in [1.54, 1.807) is 48.5 Å². The molecule has 0 amide bonds. The molecule has 2 aromatic carbocycles. The van der Waals surface area contributed by atoms with Crippen molar-refractivity contribution in [3.63, 3.8) is 0 Å². The number of ether oxygens (including phenoxy) is 6. The lowest BCUT2D eigenvalue weighted by Gasteiger charge is -2.16. The first kappa shape index (κ1) is 28.5. The number of benzene rings is 2. The maximum absolute atomic E-state index is 12.5. The number of rotatable bonds is 12. The molecule has 2 aliphatic rings. The Hall–Kier alpha value is -4.46. The fourth-order valence-corrected chi connectivity index (χ4v) is 4.15. The topological polar surface area (TPSA) is 130 Å². The molecule has 3 atom stereocenters. The highest BCUT2D eigenvalue weighted by Crippen LogP contribution is 2.29. The minimum atomic E-state index is -0.746.